The first-order chi connectivity index (χ1) is 8.83. The molecule has 1 rings (SSSR count). The van der Waals surface area contributed by atoms with Crippen molar-refractivity contribution in [3.05, 3.63) is 17.8 Å². The van der Waals surface area contributed by atoms with E-state index in [1.54, 1.807) is 6.92 Å². The number of aromatic nitrogens is 1. The van der Waals surface area contributed by atoms with Crippen LogP contribution < -0.4 is 16.2 Å². The molecular weight excluding hydrogens is 272 g/mol. The Kier molecular flexibility index (Phi) is 5.07. The smallest absolute Gasteiger partial charge is 0.341 e. The highest BCUT2D eigenvalue weighted by molar-refractivity contribution is 7.89. The molecule has 0 bridgehead atoms. The summed E-state index contributed by atoms with van der Waals surface area (Å²) in [5.41, 5.74) is 6.00. The van der Waals surface area contributed by atoms with Crippen LogP contribution >= 0.6 is 0 Å². The van der Waals surface area contributed by atoms with Gasteiger partial charge in [0.15, 0.2) is 0 Å². The molecule has 19 heavy (non-hydrogen) atoms. The number of nitrogens with one attached hydrogen (secondary N) is 1. The van der Waals surface area contributed by atoms with Crippen LogP contribution in [0.5, 0.6) is 0 Å². The lowest BCUT2D eigenvalue weighted by Gasteiger charge is -2.10. The minimum atomic E-state index is -3.58. The number of hydrogen-bond acceptors (Lipinski definition) is 7. The summed E-state index contributed by atoms with van der Waals surface area (Å²) in [4.78, 5) is 15.6. The molecule has 0 aliphatic rings. The van der Waals surface area contributed by atoms with Gasteiger partial charge in [-0.15, -0.1) is 0 Å². The lowest BCUT2D eigenvalue weighted by Crippen LogP contribution is -2.23. The highest BCUT2D eigenvalue weighted by Gasteiger charge is 2.14. The maximum atomic E-state index is 11.7. The maximum absolute atomic E-state index is 11.7. The highest BCUT2D eigenvalue weighted by atomic mass is 32.2. The molecule has 1 heterocycles. The molecular formula is C10H16N4O4S. The second-order valence-electron chi connectivity index (χ2n) is 3.68. The van der Waals surface area contributed by atoms with Gasteiger partial charge < -0.3 is 15.8 Å². The number of carbonyl (C=O) groups is 1. The Hall–Kier alpha value is -1.87. The van der Waals surface area contributed by atoms with Crippen LogP contribution in [0.4, 0.5) is 11.5 Å². The Bertz CT molecular complexity index is 559. The second kappa shape index (κ2) is 6.34. The first-order valence-electron chi connectivity index (χ1n) is 5.50. The molecule has 0 unspecified atom stereocenters. The summed E-state index contributed by atoms with van der Waals surface area (Å²) in [6.45, 7) is 1.91. The molecule has 1 aromatic rings. The Morgan fingerprint density at radius 3 is 2.79 bits per heavy atom. The van der Waals surface area contributed by atoms with Crippen LogP contribution in [0.15, 0.2) is 12.3 Å². The molecule has 0 radical (unpaired) electrons. The van der Waals surface area contributed by atoms with Crippen molar-refractivity contribution in [2.45, 2.75) is 6.92 Å². The Morgan fingerprint density at radius 1 is 1.53 bits per heavy atom. The SMILES string of the molecule is CCOC(=O)c1cc(N)cnc1NCCS(N)(=O)=O. The van der Waals surface area contributed by atoms with Crippen molar-refractivity contribution < 1.29 is 17.9 Å². The monoisotopic (exact) mass is 288 g/mol. The van der Waals surface area contributed by atoms with Gasteiger partial charge in [-0.2, -0.15) is 0 Å². The van der Waals surface area contributed by atoms with Crippen molar-refractivity contribution in [1.82, 2.24) is 4.98 Å². The number of esters is 1. The Morgan fingerprint density at radius 2 is 2.21 bits per heavy atom. The summed E-state index contributed by atoms with van der Waals surface area (Å²) in [5, 5.41) is 7.58. The van der Waals surface area contributed by atoms with Gasteiger partial charge >= 0.3 is 5.97 Å². The zero-order chi connectivity index (χ0) is 14.5. The predicted octanol–water partition coefficient (Wildman–Crippen LogP) is -0.459. The molecule has 106 valence electrons. The fourth-order valence-electron chi connectivity index (χ4n) is 1.30. The van der Waals surface area contributed by atoms with Gasteiger partial charge in [-0.1, -0.05) is 0 Å². The molecule has 0 saturated carbocycles. The third-order valence-electron chi connectivity index (χ3n) is 2.08. The molecule has 0 aliphatic heterocycles. The van der Waals surface area contributed by atoms with E-state index in [1.807, 2.05) is 0 Å². The lowest BCUT2D eigenvalue weighted by atomic mass is 10.2. The average molecular weight is 288 g/mol. The van der Waals surface area contributed by atoms with Crippen LogP contribution in [0, 0.1) is 0 Å². The van der Waals surface area contributed by atoms with Crippen LogP contribution in [-0.2, 0) is 14.8 Å². The van der Waals surface area contributed by atoms with Gasteiger partial charge in [-0.05, 0) is 13.0 Å². The predicted molar refractivity (Wildman–Crippen MR) is 71.1 cm³/mol. The molecule has 0 amide bonds. The van der Waals surface area contributed by atoms with Crippen molar-refractivity contribution in [1.29, 1.82) is 0 Å². The number of pyridine rings is 1. The fraction of sp³-hybridized carbons (Fsp3) is 0.400. The van der Waals surface area contributed by atoms with E-state index in [4.69, 9.17) is 15.6 Å². The summed E-state index contributed by atoms with van der Waals surface area (Å²) in [6, 6.07) is 1.41. The number of nitrogens with two attached hydrogens (primary N) is 2. The zero-order valence-electron chi connectivity index (χ0n) is 10.4. The largest absolute Gasteiger partial charge is 0.462 e. The van der Waals surface area contributed by atoms with E-state index < -0.39 is 16.0 Å². The van der Waals surface area contributed by atoms with Crippen LogP contribution in [0.2, 0.25) is 0 Å². The van der Waals surface area contributed by atoms with E-state index in [0.29, 0.717) is 5.69 Å². The first kappa shape index (κ1) is 15.2. The lowest BCUT2D eigenvalue weighted by molar-refractivity contribution is 0.0527. The second-order valence-corrected chi connectivity index (χ2v) is 5.41. The number of anilines is 2. The topological polar surface area (TPSA) is 137 Å². The van der Waals surface area contributed by atoms with Crippen molar-refractivity contribution in [3.63, 3.8) is 0 Å². The molecule has 0 aromatic carbocycles. The number of primary sulfonamides is 1. The van der Waals surface area contributed by atoms with E-state index in [9.17, 15) is 13.2 Å². The normalized spacial score (nSPS) is 11.1. The van der Waals surface area contributed by atoms with E-state index in [0.717, 1.165) is 0 Å². The minimum absolute atomic E-state index is 0.0299. The van der Waals surface area contributed by atoms with Gasteiger partial charge in [0.1, 0.15) is 11.4 Å². The van der Waals surface area contributed by atoms with Crippen molar-refractivity contribution in [2.75, 3.05) is 30.0 Å². The van der Waals surface area contributed by atoms with E-state index in [1.165, 1.54) is 12.3 Å². The standard InChI is InChI=1S/C10H16N4O4S/c1-2-18-10(15)8-5-7(11)6-14-9(8)13-3-4-19(12,16)17/h5-6H,2-4,11H2,1H3,(H,13,14)(H2,12,16,17). The number of nitrogens with zero attached hydrogens (tertiary/aromatic N) is 1. The minimum Gasteiger partial charge on any atom is -0.462 e. The average Bonchev–Trinajstić information content (AvgIpc) is 2.29. The number of carbonyl (C=O) groups excluding carboxylic acids is 1. The van der Waals surface area contributed by atoms with Crippen LogP contribution in [0.1, 0.15) is 17.3 Å². The molecule has 0 fully saturated rings. The quantitative estimate of drug-likeness (QED) is 0.602. The number of nitrogen functional groups attached to an aromatic ring is 1. The van der Waals surface area contributed by atoms with Crippen LogP contribution in [-0.4, -0.2) is 38.3 Å². The third kappa shape index (κ3) is 5.10. The molecule has 5 N–H and O–H groups in total. The molecule has 8 nitrogen and oxygen atoms in total. The zero-order valence-corrected chi connectivity index (χ0v) is 11.2. The number of rotatable bonds is 6. The number of ether oxygens (including phenoxy) is 1. The van der Waals surface area contributed by atoms with Gasteiger partial charge in [-0.3, -0.25) is 0 Å². The summed E-state index contributed by atoms with van der Waals surface area (Å²) in [6.07, 6.45) is 1.35. The molecule has 0 aliphatic carbocycles. The fourth-order valence-corrected chi connectivity index (χ4v) is 1.68. The van der Waals surface area contributed by atoms with Gasteiger partial charge in [0.2, 0.25) is 10.0 Å². The molecule has 0 spiro atoms. The van der Waals surface area contributed by atoms with E-state index in [2.05, 4.69) is 10.3 Å². The number of sulfonamides is 1. The van der Waals surface area contributed by atoms with E-state index in [-0.39, 0.29) is 30.3 Å². The highest BCUT2D eigenvalue weighted by Crippen LogP contribution is 2.16. The summed E-state index contributed by atoms with van der Waals surface area (Å²) in [7, 11) is -3.58. The Balaban J connectivity index is 2.85. The maximum Gasteiger partial charge on any atom is 0.341 e. The van der Waals surface area contributed by atoms with E-state index >= 15 is 0 Å². The molecule has 0 saturated heterocycles. The summed E-state index contributed by atoms with van der Waals surface area (Å²) >= 11 is 0. The first-order valence-corrected chi connectivity index (χ1v) is 7.22. The van der Waals surface area contributed by atoms with Crippen molar-refractivity contribution >= 4 is 27.5 Å². The third-order valence-corrected chi connectivity index (χ3v) is 2.86. The molecule has 1 aromatic heterocycles. The van der Waals surface area contributed by atoms with Crippen LogP contribution in [0.25, 0.3) is 0 Å². The van der Waals surface area contributed by atoms with Crippen LogP contribution in [0.3, 0.4) is 0 Å². The van der Waals surface area contributed by atoms with Gasteiger partial charge in [-0.25, -0.2) is 23.3 Å². The summed E-state index contributed by atoms with van der Waals surface area (Å²) < 4.78 is 26.5. The van der Waals surface area contributed by atoms with Gasteiger partial charge in [0.05, 0.1) is 24.2 Å². The summed E-state index contributed by atoms with van der Waals surface area (Å²) in [5.74, 6) is -0.655. The van der Waals surface area contributed by atoms with Gasteiger partial charge in [0.25, 0.3) is 0 Å². The van der Waals surface area contributed by atoms with Gasteiger partial charge in [0, 0.05) is 6.54 Å². The molecule has 9 heteroatoms. The van der Waals surface area contributed by atoms with Crippen molar-refractivity contribution in [3.8, 4) is 0 Å². The molecule has 0 atom stereocenters. The van der Waals surface area contributed by atoms with Crippen molar-refractivity contribution in [2.24, 2.45) is 5.14 Å². The number of hydrogen-bond donors (Lipinski definition) is 3. The Labute approximate surface area is 111 Å².